The maximum atomic E-state index is 13.0. The van der Waals surface area contributed by atoms with Crippen molar-refractivity contribution in [2.24, 2.45) is 0 Å². The molecule has 0 saturated heterocycles. The van der Waals surface area contributed by atoms with Gasteiger partial charge in [-0.05, 0) is 57.8 Å². The molecule has 0 aromatic rings. The van der Waals surface area contributed by atoms with Crippen molar-refractivity contribution in [3.05, 3.63) is 48.6 Å². The molecule has 82 heavy (non-hydrogen) atoms. The van der Waals surface area contributed by atoms with E-state index < -0.39 is 6.10 Å². The van der Waals surface area contributed by atoms with Crippen LogP contribution in [0.25, 0.3) is 0 Å². The van der Waals surface area contributed by atoms with E-state index in [1.54, 1.807) is 0 Å². The maximum absolute atomic E-state index is 13.0. The predicted octanol–water partition coefficient (Wildman–Crippen LogP) is 25.3. The van der Waals surface area contributed by atoms with E-state index in [2.05, 4.69) is 69.4 Å². The van der Waals surface area contributed by atoms with Crippen molar-refractivity contribution >= 4 is 17.9 Å². The molecule has 0 amide bonds. The SMILES string of the molecule is CC/C=C\C/C=C\C/C=C\C/C=C\CCCCCCCCCCCCC(=O)OCC(COC(=O)CCCCCCCCCCCCCCCCCCCCCC)OC(=O)CCCCCCCCCCCCCCCCCCCCCCC. The van der Waals surface area contributed by atoms with Crippen LogP contribution in [0.3, 0.4) is 0 Å². The average Bonchev–Trinajstić information content (AvgIpc) is 3.47. The third kappa shape index (κ3) is 68.2. The Morgan fingerprint density at radius 1 is 0.256 bits per heavy atom. The zero-order valence-electron chi connectivity index (χ0n) is 55.3. The van der Waals surface area contributed by atoms with Crippen LogP contribution in [0.15, 0.2) is 48.6 Å². The van der Waals surface area contributed by atoms with Crippen molar-refractivity contribution in [2.45, 2.75) is 406 Å². The van der Waals surface area contributed by atoms with Crippen LogP contribution in [-0.4, -0.2) is 37.2 Å². The Bertz CT molecular complexity index is 1410. The summed E-state index contributed by atoms with van der Waals surface area (Å²) >= 11 is 0. The van der Waals surface area contributed by atoms with Crippen LogP contribution in [0, 0.1) is 0 Å². The molecule has 0 spiro atoms. The van der Waals surface area contributed by atoms with Gasteiger partial charge >= 0.3 is 17.9 Å². The minimum Gasteiger partial charge on any atom is -0.462 e. The molecule has 0 aliphatic carbocycles. The molecule has 0 aromatic heterocycles. The largest absolute Gasteiger partial charge is 0.462 e. The summed E-state index contributed by atoms with van der Waals surface area (Å²) in [5.41, 5.74) is 0. The van der Waals surface area contributed by atoms with E-state index in [1.807, 2.05) is 0 Å². The molecule has 0 fully saturated rings. The van der Waals surface area contributed by atoms with Crippen LogP contribution >= 0.6 is 0 Å². The van der Waals surface area contributed by atoms with Gasteiger partial charge in [0.05, 0.1) is 0 Å². The van der Waals surface area contributed by atoms with Crippen molar-refractivity contribution in [3.8, 4) is 0 Å². The van der Waals surface area contributed by atoms with Crippen LogP contribution < -0.4 is 0 Å². The van der Waals surface area contributed by atoms with Gasteiger partial charge < -0.3 is 14.2 Å². The highest BCUT2D eigenvalue weighted by atomic mass is 16.6. The van der Waals surface area contributed by atoms with Gasteiger partial charge in [-0.1, -0.05) is 371 Å². The number of carbonyl (C=O) groups is 3. The number of esters is 3. The Morgan fingerprint density at radius 3 is 0.744 bits per heavy atom. The van der Waals surface area contributed by atoms with Gasteiger partial charge in [-0.15, -0.1) is 0 Å². The lowest BCUT2D eigenvalue weighted by molar-refractivity contribution is -0.167. The lowest BCUT2D eigenvalue weighted by atomic mass is 10.0. The van der Waals surface area contributed by atoms with E-state index in [4.69, 9.17) is 14.2 Å². The second kappa shape index (κ2) is 70.9. The minimum atomic E-state index is -0.773. The molecule has 0 bridgehead atoms. The highest BCUT2D eigenvalue weighted by Crippen LogP contribution is 2.19. The van der Waals surface area contributed by atoms with Crippen molar-refractivity contribution in [2.75, 3.05) is 13.2 Å². The first-order valence-electron chi connectivity index (χ1n) is 36.6. The topological polar surface area (TPSA) is 78.9 Å². The monoisotopic (exact) mass is 1150 g/mol. The van der Waals surface area contributed by atoms with Gasteiger partial charge in [-0.2, -0.15) is 0 Å². The van der Waals surface area contributed by atoms with Crippen LogP contribution in [0.1, 0.15) is 400 Å². The summed E-state index contributed by atoms with van der Waals surface area (Å²) in [5, 5.41) is 0. The first kappa shape index (κ1) is 79.4. The van der Waals surface area contributed by atoms with E-state index in [0.717, 1.165) is 83.5 Å². The van der Waals surface area contributed by atoms with Gasteiger partial charge in [-0.3, -0.25) is 14.4 Å². The highest BCUT2D eigenvalue weighted by Gasteiger charge is 2.19. The normalized spacial score (nSPS) is 12.3. The molecule has 480 valence electrons. The summed E-state index contributed by atoms with van der Waals surface area (Å²) < 4.78 is 17.0. The first-order valence-corrected chi connectivity index (χ1v) is 36.6. The highest BCUT2D eigenvalue weighted by molar-refractivity contribution is 5.71. The smallest absolute Gasteiger partial charge is 0.306 e. The number of ether oxygens (including phenoxy) is 3. The lowest BCUT2D eigenvalue weighted by Crippen LogP contribution is -2.30. The first-order chi connectivity index (χ1) is 40.5. The second-order valence-electron chi connectivity index (χ2n) is 24.8. The number of carbonyl (C=O) groups excluding carboxylic acids is 3. The molecule has 0 aliphatic rings. The van der Waals surface area contributed by atoms with Gasteiger partial charge in [0.2, 0.25) is 0 Å². The summed E-state index contributed by atoms with van der Waals surface area (Å²) in [6.45, 7) is 6.61. The summed E-state index contributed by atoms with van der Waals surface area (Å²) in [6.07, 6.45) is 90.0. The van der Waals surface area contributed by atoms with Gasteiger partial charge in [0.25, 0.3) is 0 Å². The lowest BCUT2D eigenvalue weighted by Gasteiger charge is -2.18. The second-order valence-corrected chi connectivity index (χ2v) is 24.8. The fraction of sp³-hybridized carbons (Fsp3) is 0.855. The number of allylic oxidation sites excluding steroid dienone is 8. The molecule has 0 heterocycles. The van der Waals surface area contributed by atoms with Gasteiger partial charge in [-0.25, -0.2) is 0 Å². The Balaban J connectivity index is 4.32. The third-order valence-corrected chi connectivity index (χ3v) is 16.6. The van der Waals surface area contributed by atoms with Crippen molar-refractivity contribution < 1.29 is 28.6 Å². The van der Waals surface area contributed by atoms with Crippen LogP contribution in [0.4, 0.5) is 0 Å². The fourth-order valence-electron chi connectivity index (χ4n) is 11.1. The number of rotatable bonds is 68. The molecule has 1 unspecified atom stereocenters. The standard InChI is InChI=1S/C76H140O6/c1-4-7-10-13-16-19-22-25-28-31-34-37-38-40-42-45-48-51-54-57-60-63-66-69-75(78)81-72-73(71-80-74(77)68-65-62-59-56-53-50-47-44-41-36-33-30-27-24-21-18-15-12-9-6-3)82-76(79)70-67-64-61-58-55-52-49-46-43-39-35-32-29-26-23-20-17-14-11-8-5-2/h7,10,16,19,25,28,34,37,73H,4-6,8-9,11-15,17-18,20-24,26-27,29-33,35-36,38-72H2,1-3H3/b10-7-,19-16-,28-25-,37-34-. The molecule has 6 heteroatoms. The number of unbranched alkanes of at least 4 members (excludes halogenated alkanes) is 49. The van der Waals surface area contributed by atoms with Crippen molar-refractivity contribution in [1.82, 2.24) is 0 Å². The molecule has 1 atom stereocenters. The summed E-state index contributed by atoms with van der Waals surface area (Å²) in [4.78, 5) is 38.5. The quantitative estimate of drug-likeness (QED) is 0.0261. The molecule has 0 radical (unpaired) electrons. The van der Waals surface area contributed by atoms with E-state index in [0.29, 0.717) is 19.3 Å². The number of hydrogen-bond acceptors (Lipinski definition) is 6. The Kier molecular flexibility index (Phi) is 68.6. The average molecular weight is 1150 g/mol. The summed E-state index contributed by atoms with van der Waals surface area (Å²) in [7, 11) is 0. The zero-order valence-corrected chi connectivity index (χ0v) is 55.3. The van der Waals surface area contributed by atoms with E-state index >= 15 is 0 Å². The van der Waals surface area contributed by atoms with Crippen LogP contribution in [-0.2, 0) is 28.6 Å². The van der Waals surface area contributed by atoms with Crippen molar-refractivity contribution in [1.29, 1.82) is 0 Å². The fourth-order valence-corrected chi connectivity index (χ4v) is 11.1. The Labute approximate surface area is 511 Å². The molecule has 0 aromatic carbocycles. The van der Waals surface area contributed by atoms with Crippen molar-refractivity contribution in [3.63, 3.8) is 0 Å². The number of hydrogen-bond donors (Lipinski definition) is 0. The van der Waals surface area contributed by atoms with E-state index in [1.165, 1.54) is 276 Å². The molecule has 0 saturated carbocycles. The van der Waals surface area contributed by atoms with Gasteiger partial charge in [0.1, 0.15) is 13.2 Å². The summed E-state index contributed by atoms with van der Waals surface area (Å²) in [6, 6.07) is 0. The van der Waals surface area contributed by atoms with Crippen LogP contribution in [0.5, 0.6) is 0 Å². The summed E-state index contributed by atoms with van der Waals surface area (Å²) in [5.74, 6) is -0.839. The van der Waals surface area contributed by atoms with E-state index in [-0.39, 0.29) is 31.1 Å². The maximum Gasteiger partial charge on any atom is 0.306 e. The van der Waals surface area contributed by atoms with Gasteiger partial charge in [0, 0.05) is 19.3 Å². The molecular weight excluding hydrogens is 1010 g/mol. The molecular formula is C76H140O6. The molecule has 6 nitrogen and oxygen atoms in total. The molecule has 0 rings (SSSR count). The zero-order chi connectivity index (χ0) is 59.2. The molecule has 0 N–H and O–H groups in total. The minimum absolute atomic E-state index is 0.0678. The predicted molar refractivity (Wildman–Crippen MR) is 358 cm³/mol. The Hall–Kier alpha value is -2.63. The van der Waals surface area contributed by atoms with Gasteiger partial charge in [0.15, 0.2) is 6.10 Å². The Morgan fingerprint density at radius 2 is 0.476 bits per heavy atom. The third-order valence-electron chi connectivity index (χ3n) is 16.6. The molecule has 0 aliphatic heterocycles. The van der Waals surface area contributed by atoms with Crippen LogP contribution in [0.2, 0.25) is 0 Å². The van der Waals surface area contributed by atoms with E-state index in [9.17, 15) is 14.4 Å².